The van der Waals surface area contributed by atoms with E-state index in [1.54, 1.807) is 24.3 Å². The first-order chi connectivity index (χ1) is 10.3. The molecule has 2 atom stereocenters. The van der Waals surface area contributed by atoms with Gasteiger partial charge in [0.05, 0.1) is 11.8 Å². The summed E-state index contributed by atoms with van der Waals surface area (Å²) in [4.78, 5) is 30.1. The van der Waals surface area contributed by atoms with E-state index >= 15 is 0 Å². The zero-order valence-electron chi connectivity index (χ0n) is 13.8. The number of amides is 2. The van der Waals surface area contributed by atoms with Crippen LogP contribution < -0.4 is 5.32 Å². The van der Waals surface area contributed by atoms with Crippen LogP contribution in [0.3, 0.4) is 0 Å². The lowest BCUT2D eigenvalue weighted by Gasteiger charge is -2.21. The van der Waals surface area contributed by atoms with Gasteiger partial charge in [0.2, 0.25) is 11.8 Å². The minimum Gasteiger partial charge on any atom is -0.351 e. The van der Waals surface area contributed by atoms with E-state index in [0.29, 0.717) is 13.0 Å². The number of hydrogen-bond acceptors (Lipinski definition) is 3. The molecule has 0 aromatic carbocycles. The van der Waals surface area contributed by atoms with Gasteiger partial charge < -0.3 is 10.2 Å². The van der Waals surface area contributed by atoms with E-state index in [1.165, 1.54) is 0 Å². The van der Waals surface area contributed by atoms with Gasteiger partial charge >= 0.3 is 0 Å². The van der Waals surface area contributed by atoms with Crippen LogP contribution in [0.4, 0.5) is 0 Å². The summed E-state index contributed by atoms with van der Waals surface area (Å²) in [5.41, 5.74) is 0.910. The summed E-state index contributed by atoms with van der Waals surface area (Å²) in [6.07, 6.45) is 4.98. The van der Waals surface area contributed by atoms with Gasteiger partial charge in [-0.15, -0.1) is 0 Å². The van der Waals surface area contributed by atoms with Gasteiger partial charge in [0.25, 0.3) is 0 Å². The average molecular weight is 303 g/mol. The molecule has 2 amide bonds. The highest BCUT2D eigenvalue weighted by molar-refractivity contribution is 5.92. The van der Waals surface area contributed by atoms with E-state index in [2.05, 4.69) is 10.3 Å². The normalized spacial score (nSPS) is 20.4. The van der Waals surface area contributed by atoms with E-state index in [9.17, 15) is 9.59 Å². The summed E-state index contributed by atoms with van der Waals surface area (Å²) in [5, 5.41) is 2.95. The number of hydrogen-bond donors (Lipinski definition) is 1. The Morgan fingerprint density at radius 3 is 2.50 bits per heavy atom. The first-order valence-electron chi connectivity index (χ1n) is 7.74. The fraction of sp³-hybridized carbons (Fsp3) is 0.588. The first-order valence-corrected chi connectivity index (χ1v) is 7.74. The topological polar surface area (TPSA) is 62.3 Å². The van der Waals surface area contributed by atoms with Gasteiger partial charge in [-0.2, -0.15) is 0 Å². The van der Waals surface area contributed by atoms with Crippen LogP contribution in [-0.4, -0.2) is 40.8 Å². The number of pyridine rings is 1. The van der Waals surface area contributed by atoms with Gasteiger partial charge in [-0.05, 0) is 51.3 Å². The van der Waals surface area contributed by atoms with E-state index in [1.807, 2.05) is 32.9 Å². The molecule has 1 aliphatic rings. The predicted octanol–water partition coefficient (Wildman–Crippen LogP) is 1.63. The van der Waals surface area contributed by atoms with Crippen LogP contribution in [0.2, 0.25) is 0 Å². The van der Waals surface area contributed by atoms with Crippen molar-refractivity contribution in [2.24, 2.45) is 11.8 Å². The van der Waals surface area contributed by atoms with Crippen LogP contribution in [-0.2, 0) is 16.0 Å². The maximum atomic E-state index is 12.3. The third-order valence-electron chi connectivity index (χ3n) is 3.80. The fourth-order valence-corrected chi connectivity index (χ4v) is 2.46. The van der Waals surface area contributed by atoms with Crippen molar-refractivity contribution in [2.45, 2.75) is 39.2 Å². The Balaban J connectivity index is 1.79. The molecule has 0 spiro atoms. The largest absolute Gasteiger partial charge is 0.351 e. The van der Waals surface area contributed by atoms with Crippen molar-refractivity contribution in [3.05, 3.63) is 30.1 Å². The molecule has 0 aliphatic heterocycles. The molecule has 1 fully saturated rings. The lowest BCUT2D eigenvalue weighted by molar-refractivity contribution is -0.133. The average Bonchev–Trinajstić information content (AvgIpc) is 3.24. The molecular formula is C17H25N3O2. The molecule has 120 valence electrons. The third-order valence-corrected chi connectivity index (χ3v) is 3.80. The standard InChI is InChI=1S/C17H25N3O2/c1-17(2,3)19-15(21)13-11-14(13)16(22)20(4)10-7-12-5-8-18-9-6-12/h5-6,8-9,13-14H,7,10-11H2,1-4H3,(H,19,21). The molecule has 1 aromatic heterocycles. The Morgan fingerprint density at radius 1 is 1.27 bits per heavy atom. The Hall–Kier alpha value is -1.91. The van der Waals surface area contributed by atoms with Crippen molar-refractivity contribution in [3.8, 4) is 0 Å². The van der Waals surface area contributed by atoms with Crippen molar-refractivity contribution in [2.75, 3.05) is 13.6 Å². The summed E-state index contributed by atoms with van der Waals surface area (Å²) in [7, 11) is 1.81. The Kier molecular flexibility index (Phi) is 4.84. The van der Waals surface area contributed by atoms with Crippen LogP contribution in [0.25, 0.3) is 0 Å². The van der Waals surface area contributed by atoms with Crippen LogP contribution in [0.5, 0.6) is 0 Å². The summed E-state index contributed by atoms with van der Waals surface area (Å²) in [5.74, 6) is -0.239. The maximum absolute atomic E-state index is 12.3. The smallest absolute Gasteiger partial charge is 0.226 e. The lowest BCUT2D eigenvalue weighted by Crippen LogP contribution is -2.42. The molecule has 1 heterocycles. The number of rotatable bonds is 5. The van der Waals surface area contributed by atoms with Crippen molar-refractivity contribution in [1.29, 1.82) is 0 Å². The van der Waals surface area contributed by atoms with Crippen LogP contribution in [0.15, 0.2) is 24.5 Å². The molecule has 1 aliphatic carbocycles. The molecule has 5 heteroatoms. The fourth-order valence-electron chi connectivity index (χ4n) is 2.46. The Bertz CT molecular complexity index is 537. The van der Waals surface area contributed by atoms with E-state index in [-0.39, 0.29) is 29.2 Å². The van der Waals surface area contributed by atoms with Crippen molar-refractivity contribution in [1.82, 2.24) is 15.2 Å². The maximum Gasteiger partial charge on any atom is 0.226 e. The Labute approximate surface area is 132 Å². The zero-order valence-corrected chi connectivity index (χ0v) is 13.8. The van der Waals surface area contributed by atoms with Crippen LogP contribution in [0, 0.1) is 11.8 Å². The van der Waals surface area contributed by atoms with Gasteiger partial charge in [0.1, 0.15) is 0 Å². The summed E-state index contributed by atoms with van der Waals surface area (Å²) in [6, 6.07) is 3.91. The zero-order chi connectivity index (χ0) is 16.3. The summed E-state index contributed by atoms with van der Waals surface area (Å²) < 4.78 is 0. The molecule has 1 saturated carbocycles. The van der Waals surface area contributed by atoms with Crippen LogP contribution >= 0.6 is 0 Å². The second-order valence-electron chi connectivity index (χ2n) is 7.05. The SMILES string of the molecule is CN(CCc1ccncc1)C(=O)C1CC1C(=O)NC(C)(C)C. The molecule has 5 nitrogen and oxygen atoms in total. The highest BCUT2D eigenvalue weighted by atomic mass is 16.2. The van der Waals surface area contributed by atoms with Gasteiger partial charge in [0.15, 0.2) is 0 Å². The lowest BCUT2D eigenvalue weighted by atomic mass is 10.1. The Morgan fingerprint density at radius 2 is 1.91 bits per heavy atom. The highest BCUT2D eigenvalue weighted by Gasteiger charge is 2.49. The molecule has 0 radical (unpaired) electrons. The van der Waals surface area contributed by atoms with Crippen molar-refractivity contribution < 1.29 is 9.59 Å². The monoisotopic (exact) mass is 303 g/mol. The quantitative estimate of drug-likeness (QED) is 0.899. The van der Waals surface area contributed by atoms with Gasteiger partial charge in [-0.3, -0.25) is 14.6 Å². The first kappa shape index (κ1) is 16.5. The number of carbonyl (C=O) groups is 2. The second-order valence-corrected chi connectivity index (χ2v) is 7.05. The second kappa shape index (κ2) is 6.46. The summed E-state index contributed by atoms with van der Waals surface area (Å²) in [6.45, 7) is 6.51. The molecular weight excluding hydrogens is 278 g/mol. The molecule has 1 aromatic rings. The number of carbonyl (C=O) groups excluding carboxylic acids is 2. The van der Waals surface area contributed by atoms with Crippen molar-refractivity contribution >= 4 is 11.8 Å². The number of nitrogens with one attached hydrogen (secondary N) is 1. The van der Waals surface area contributed by atoms with Gasteiger partial charge in [-0.25, -0.2) is 0 Å². The van der Waals surface area contributed by atoms with E-state index < -0.39 is 0 Å². The van der Waals surface area contributed by atoms with E-state index in [4.69, 9.17) is 0 Å². The van der Waals surface area contributed by atoms with Crippen LogP contribution in [0.1, 0.15) is 32.8 Å². The molecule has 22 heavy (non-hydrogen) atoms. The molecule has 0 saturated heterocycles. The minimum atomic E-state index is -0.249. The van der Waals surface area contributed by atoms with Gasteiger partial charge in [-0.1, -0.05) is 0 Å². The number of nitrogens with zero attached hydrogens (tertiary/aromatic N) is 2. The van der Waals surface area contributed by atoms with E-state index in [0.717, 1.165) is 12.0 Å². The third kappa shape index (κ3) is 4.55. The molecule has 2 rings (SSSR count). The predicted molar refractivity (Wildman–Crippen MR) is 85.1 cm³/mol. The molecule has 2 unspecified atom stereocenters. The summed E-state index contributed by atoms with van der Waals surface area (Å²) >= 11 is 0. The molecule has 1 N–H and O–H groups in total. The minimum absolute atomic E-state index is 0.00613. The van der Waals surface area contributed by atoms with Gasteiger partial charge in [0, 0.05) is 31.5 Å². The highest BCUT2D eigenvalue weighted by Crippen LogP contribution is 2.40. The number of likely N-dealkylation sites (N-methyl/N-ethyl adjacent to an activating group) is 1. The number of aromatic nitrogens is 1. The van der Waals surface area contributed by atoms with Crippen molar-refractivity contribution in [3.63, 3.8) is 0 Å². The molecule has 0 bridgehead atoms.